The number of hydrogen-bond donors (Lipinski definition) is 2. The van der Waals surface area contributed by atoms with Gasteiger partial charge in [-0.15, -0.1) is 0 Å². The Hall–Kier alpha value is -0.610. The van der Waals surface area contributed by atoms with Crippen molar-refractivity contribution >= 4 is 5.91 Å². The Balaban J connectivity index is 2.40. The molecule has 0 saturated carbocycles. The molecular formula is C9H18N2O2. The van der Waals surface area contributed by atoms with Crippen LogP contribution >= 0.6 is 0 Å². The molecule has 1 aliphatic rings. The number of rotatable bonds is 3. The highest BCUT2D eigenvalue weighted by molar-refractivity contribution is 5.77. The molecule has 4 heteroatoms. The number of likely N-dealkylation sites (tertiary alicyclic amines) is 1. The van der Waals surface area contributed by atoms with Crippen LogP contribution < -0.4 is 5.32 Å². The van der Waals surface area contributed by atoms with Gasteiger partial charge in [-0.25, -0.2) is 0 Å². The Morgan fingerprint density at radius 1 is 1.62 bits per heavy atom. The zero-order valence-corrected chi connectivity index (χ0v) is 8.12. The van der Waals surface area contributed by atoms with Crippen molar-refractivity contribution in [3.8, 4) is 0 Å². The van der Waals surface area contributed by atoms with Crippen LogP contribution in [0.5, 0.6) is 0 Å². The summed E-state index contributed by atoms with van der Waals surface area (Å²) in [4.78, 5) is 13.2. The van der Waals surface area contributed by atoms with E-state index in [2.05, 4.69) is 10.2 Å². The Bertz CT molecular complexity index is 173. The topological polar surface area (TPSA) is 52.6 Å². The highest BCUT2D eigenvalue weighted by Crippen LogP contribution is 2.15. The highest BCUT2D eigenvalue weighted by Gasteiger charge is 2.22. The number of carbonyl (C=O) groups is 1. The molecule has 0 aliphatic carbocycles. The zero-order valence-electron chi connectivity index (χ0n) is 8.12. The summed E-state index contributed by atoms with van der Waals surface area (Å²) in [5, 5.41) is 11.7. The van der Waals surface area contributed by atoms with Crippen molar-refractivity contribution in [3.63, 3.8) is 0 Å². The van der Waals surface area contributed by atoms with Crippen LogP contribution in [0.3, 0.4) is 0 Å². The Morgan fingerprint density at radius 3 is 3.00 bits per heavy atom. The fourth-order valence-corrected chi connectivity index (χ4v) is 1.74. The minimum atomic E-state index is 0.0281. The van der Waals surface area contributed by atoms with Crippen molar-refractivity contribution < 1.29 is 9.90 Å². The second-order valence-electron chi connectivity index (χ2n) is 3.48. The van der Waals surface area contributed by atoms with Crippen molar-refractivity contribution in [1.29, 1.82) is 0 Å². The van der Waals surface area contributed by atoms with E-state index in [1.165, 1.54) is 0 Å². The van der Waals surface area contributed by atoms with Crippen LogP contribution in [0.4, 0.5) is 0 Å². The molecule has 1 fully saturated rings. The van der Waals surface area contributed by atoms with E-state index in [0.29, 0.717) is 6.54 Å². The predicted molar refractivity (Wildman–Crippen MR) is 50.4 cm³/mol. The molecule has 0 aromatic rings. The maximum absolute atomic E-state index is 11.1. The number of carbonyl (C=O) groups excluding carboxylic acids is 1. The summed E-state index contributed by atoms with van der Waals surface area (Å²) in [5.41, 5.74) is 0. The summed E-state index contributed by atoms with van der Waals surface area (Å²) in [6.45, 7) is 1.51. The quantitative estimate of drug-likeness (QED) is 0.629. The van der Waals surface area contributed by atoms with Crippen LogP contribution in [0.25, 0.3) is 0 Å². The summed E-state index contributed by atoms with van der Waals surface area (Å²) in [6, 6.07) is 0.186. The van der Waals surface area contributed by atoms with Crippen LogP contribution in [0.2, 0.25) is 0 Å². The van der Waals surface area contributed by atoms with Crippen molar-refractivity contribution in [3.05, 3.63) is 0 Å². The van der Waals surface area contributed by atoms with Gasteiger partial charge in [-0.3, -0.25) is 9.69 Å². The Labute approximate surface area is 78.9 Å². The van der Waals surface area contributed by atoms with Crippen molar-refractivity contribution in [2.45, 2.75) is 25.3 Å². The molecule has 1 aliphatic heterocycles. The van der Waals surface area contributed by atoms with Crippen molar-refractivity contribution in [1.82, 2.24) is 10.2 Å². The standard InChI is InChI=1S/C9H18N2O2/c1-10-9(13)6-11-5-3-2-4-8(11)7-12/h8,12H,2-7H2,1H3,(H,10,13). The van der Waals surface area contributed by atoms with E-state index in [0.717, 1.165) is 25.8 Å². The molecule has 1 amide bonds. The normalized spacial score (nSPS) is 24.3. The lowest BCUT2D eigenvalue weighted by molar-refractivity contribution is -0.122. The SMILES string of the molecule is CNC(=O)CN1CCCCC1CO. The van der Waals surface area contributed by atoms with E-state index in [1.54, 1.807) is 7.05 Å². The number of amides is 1. The third-order valence-corrected chi connectivity index (χ3v) is 2.59. The maximum Gasteiger partial charge on any atom is 0.233 e. The summed E-state index contributed by atoms with van der Waals surface area (Å²) in [7, 11) is 1.64. The molecule has 1 heterocycles. The second-order valence-corrected chi connectivity index (χ2v) is 3.48. The van der Waals surface area contributed by atoms with Gasteiger partial charge >= 0.3 is 0 Å². The number of aliphatic hydroxyl groups excluding tert-OH is 1. The van der Waals surface area contributed by atoms with Crippen molar-refractivity contribution in [2.24, 2.45) is 0 Å². The number of hydrogen-bond acceptors (Lipinski definition) is 3. The molecule has 0 aromatic carbocycles. The molecule has 0 spiro atoms. The molecule has 1 atom stereocenters. The number of nitrogens with one attached hydrogen (secondary N) is 1. The van der Waals surface area contributed by atoms with E-state index in [9.17, 15) is 4.79 Å². The van der Waals surface area contributed by atoms with Gasteiger partial charge in [0.25, 0.3) is 0 Å². The minimum Gasteiger partial charge on any atom is -0.395 e. The van der Waals surface area contributed by atoms with Crippen LogP contribution in [0.15, 0.2) is 0 Å². The van der Waals surface area contributed by atoms with Crippen molar-refractivity contribution in [2.75, 3.05) is 26.7 Å². The van der Waals surface area contributed by atoms with Gasteiger partial charge < -0.3 is 10.4 Å². The van der Waals surface area contributed by atoms with E-state index in [1.807, 2.05) is 0 Å². The molecule has 0 radical (unpaired) electrons. The lowest BCUT2D eigenvalue weighted by Crippen LogP contribution is -2.46. The molecular weight excluding hydrogens is 168 g/mol. The first kappa shape index (κ1) is 10.5. The Morgan fingerprint density at radius 2 is 2.38 bits per heavy atom. The fourth-order valence-electron chi connectivity index (χ4n) is 1.74. The Kier molecular flexibility index (Phi) is 4.18. The molecule has 13 heavy (non-hydrogen) atoms. The molecule has 1 unspecified atom stereocenters. The number of likely N-dealkylation sites (N-methyl/N-ethyl adjacent to an activating group) is 1. The molecule has 2 N–H and O–H groups in total. The van der Waals surface area contributed by atoms with Gasteiger partial charge in [-0.1, -0.05) is 6.42 Å². The summed E-state index contributed by atoms with van der Waals surface area (Å²) in [6.07, 6.45) is 3.30. The average Bonchev–Trinajstić information content (AvgIpc) is 2.18. The number of aliphatic hydroxyl groups is 1. The number of piperidine rings is 1. The van der Waals surface area contributed by atoms with Crippen LogP contribution in [0, 0.1) is 0 Å². The molecule has 4 nitrogen and oxygen atoms in total. The fraction of sp³-hybridized carbons (Fsp3) is 0.889. The van der Waals surface area contributed by atoms with Gasteiger partial charge in [0.05, 0.1) is 13.2 Å². The lowest BCUT2D eigenvalue weighted by atomic mass is 10.0. The molecule has 76 valence electrons. The monoisotopic (exact) mass is 186 g/mol. The third-order valence-electron chi connectivity index (χ3n) is 2.59. The van der Waals surface area contributed by atoms with Gasteiger partial charge in [0, 0.05) is 13.1 Å². The maximum atomic E-state index is 11.1. The molecule has 1 saturated heterocycles. The van der Waals surface area contributed by atoms with Crippen LogP contribution in [0.1, 0.15) is 19.3 Å². The van der Waals surface area contributed by atoms with Crippen LogP contribution in [-0.4, -0.2) is 48.7 Å². The molecule has 0 bridgehead atoms. The second kappa shape index (κ2) is 5.19. The molecule has 0 aromatic heterocycles. The first-order chi connectivity index (χ1) is 6.27. The summed E-state index contributed by atoms with van der Waals surface area (Å²) >= 11 is 0. The minimum absolute atomic E-state index is 0.0281. The largest absolute Gasteiger partial charge is 0.395 e. The molecule has 1 rings (SSSR count). The average molecular weight is 186 g/mol. The first-order valence-corrected chi connectivity index (χ1v) is 4.83. The van der Waals surface area contributed by atoms with Crippen LogP contribution in [-0.2, 0) is 4.79 Å². The summed E-state index contributed by atoms with van der Waals surface area (Å²) < 4.78 is 0. The zero-order chi connectivity index (χ0) is 9.68. The van der Waals surface area contributed by atoms with Gasteiger partial charge in [-0.2, -0.15) is 0 Å². The number of nitrogens with zero attached hydrogens (tertiary/aromatic N) is 1. The van der Waals surface area contributed by atoms with E-state index in [4.69, 9.17) is 5.11 Å². The summed E-state index contributed by atoms with van der Waals surface area (Å²) in [5.74, 6) is 0.0281. The lowest BCUT2D eigenvalue weighted by Gasteiger charge is -2.33. The van der Waals surface area contributed by atoms with E-state index in [-0.39, 0.29) is 18.6 Å². The van der Waals surface area contributed by atoms with Gasteiger partial charge in [0.1, 0.15) is 0 Å². The smallest absolute Gasteiger partial charge is 0.233 e. The first-order valence-electron chi connectivity index (χ1n) is 4.83. The highest BCUT2D eigenvalue weighted by atomic mass is 16.3. The van der Waals surface area contributed by atoms with E-state index < -0.39 is 0 Å². The predicted octanol–water partition coefficient (Wildman–Crippen LogP) is -0.421. The van der Waals surface area contributed by atoms with Gasteiger partial charge in [0.15, 0.2) is 0 Å². The third kappa shape index (κ3) is 2.97. The van der Waals surface area contributed by atoms with E-state index >= 15 is 0 Å². The van der Waals surface area contributed by atoms with Gasteiger partial charge in [0.2, 0.25) is 5.91 Å². The van der Waals surface area contributed by atoms with Gasteiger partial charge in [-0.05, 0) is 19.4 Å².